The summed E-state index contributed by atoms with van der Waals surface area (Å²) in [6.45, 7) is 4.44. The van der Waals surface area contributed by atoms with E-state index in [1.807, 2.05) is 25.1 Å². The second-order valence-electron chi connectivity index (χ2n) is 8.14. The minimum Gasteiger partial charge on any atom is -0.493 e. The van der Waals surface area contributed by atoms with Crippen LogP contribution >= 0.6 is 0 Å². The Morgan fingerprint density at radius 2 is 2.07 bits per heavy atom. The third-order valence-corrected chi connectivity index (χ3v) is 6.01. The van der Waals surface area contributed by atoms with Gasteiger partial charge in [0.1, 0.15) is 6.04 Å². The van der Waals surface area contributed by atoms with Crippen LogP contribution in [-0.4, -0.2) is 66.1 Å². The van der Waals surface area contributed by atoms with Crippen molar-refractivity contribution in [1.29, 1.82) is 0 Å². The Morgan fingerprint density at radius 3 is 2.64 bits per heavy atom. The number of amides is 1. The van der Waals surface area contributed by atoms with Crippen LogP contribution in [0, 0.1) is 11.8 Å². The van der Waals surface area contributed by atoms with Gasteiger partial charge in [0.2, 0.25) is 5.91 Å². The number of ether oxygens (including phenoxy) is 2. The highest BCUT2D eigenvalue weighted by atomic mass is 16.5. The first-order valence-corrected chi connectivity index (χ1v) is 10.0. The summed E-state index contributed by atoms with van der Waals surface area (Å²) < 4.78 is 11.4. The van der Waals surface area contributed by atoms with Crippen LogP contribution in [0.5, 0.6) is 11.5 Å². The molecular formula is C21H32N2O5. The third kappa shape index (κ3) is 4.26. The number of carbonyl (C=O) groups excluding carboxylic acids is 1. The van der Waals surface area contributed by atoms with Gasteiger partial charge in [-0.05, 0) is 49.3 Å². The zero-order valence-corrected chi connectivity index (χ0v) is 16.9. The van der Waals surface area contributed by atoms with Gasteiger partial charge >= 0.3 is 0 Å². The quantitative estimate of drug-likeness (QED) is 0.612. The lowest BCUT2D eigenvalue weighted by Crippen LogP contribution is -2.51. The van der Waals surface area contributed by atoms with E-state index in [0.29, 0.717) is 30.6 Å². The molecule has 0 spiro atoms. The number of aliphatic hydroxyl groups is 2. The molecule has 5 atom stereocenters. The highest BCUT2D eigenvalue weighted by Gasteiger charge is 2.45. The SMILES string of the molecule is COc1ccc([C@H]2CN(C(=O)[C@H](N)CO)C([C@@H](C)O)[C@H]2C)cc1OCC1CC1. The number of aliphatic hydroxyl groups excluding tert-OH is 2. The Bertz CT molecular complexity index is 691. The lowest BCUT2D eigenvalue weighted by molar-refractivity contribution is -0.136. The predicted molar refractivity (Wildman–Crippen MR) is 105 cm³/mol. The first-order valence-electron chi connectivity index (χ1n) is 10.0. The molecule has 0 bridgehead atoms. The van der Waals surface area contributed by atoms with E-state index in [1.165, 1.54) is 12.8 Å². The van der Waals surface area contributed by atoms with Gasteiger partial charge in [0.05, 0.1) is 32.5 Å². The number of hydrogen-bond acceptors (Lipinski definition) is 6. The first kappa shape index (κ1) is 20.9. The molecule has 0 aromatic heterocycles. The van der Waals surface area contributed by atoms with Crippen molar-refractivity contribution in [3.05, 3.63) is 23.8 Å². The van der Waals surface area contributed by atoms with Crippen molar-refractivity contribution in [2.45, 2.75) is 50.8 Å². The standard InChI is InChI=1S/C21H32N2O5/c1-12-16(9-23(20(12)13(2)25)21(26)17(22)10-24)15-6-7-18(27-3)19(8-15)28-11-14-4-5-14/h6-8,12-14,16-17,20,24-25H,4-5,9-11,22H2,1-3H3/t12-,13+,16-,17+,20?/m0/s1. The lowest BCUT2D eigenvalue weighted by atomic mass is 9.85. The van der Waals surface area contributed by atoms with Gasteiger partial charge in [-0.1, -0.05) is 13.0 Å². The molecule has 1 aromatic carbocycles. The second-order valence-corrected chi connectivity index (χ2v) is 8.14. The lowest BCUT2D eigenvalue weighted by Gasteiger charge is -2.30. The fourth-order valence-electron chi connectivity index (χ4n) is 4.19. The average Bonchev–Trinajstić information content (AvgIpc) is 3.45. The summed E-state index contributed by atoms with van der Waals surface area (Å²) in [4.78, 5) is 14.3. The van der Waals surface area contributed by atoms with Gasteiger partial charge < -0.3 is 30.3 Å². The van der Waals surface area contributed by atoms with Crippen LogP contribution < -0.4 is 15.2 Å². The van der Waals surface area contributed by atoms with Crippen molar-refractivity contribution in [3.63, 3.8) is 0 Å². The molecule has 1 heterocycles. The van der Waals surface area contributed by atoms with Gasteiger partial charge in [-0.25, -0.2) is 0 Å². The molecule has 3 rings (SSSR count). The van der Waals surface area contributed by atoms with Gasteiger partial charge in [-0.15, -0.1) is 0 Å². The van der Waals surface area contributed by atoms with Crippen LogP contribution in [0.3, 0.4) is 0 Å². The molecule has 7 heteroatoms. The van der Waals surface area contributed by atoms with Gasteiger partial charge in [-0.2, -0.15) is 0 Å². The minimum absolute atomic E-state index is 0.0273. The summed E-state index contributed by atoms with van der Waals surface area (Å²) in [6.07, 6.45) is 1.72. The zero-order valence-electron chi connectivity index (χ0n) is 16.9. The van der Waals surface area contributed by atoms with E-state index in [2.05, 4.69) is 0 Å². The summed E-state index contributed by atoms with van der Waals surface area (Å²) in [7, 11) is 1.62. The Kier molecular flexibility index (Phi) is 6.47. The van der Waals surface area contributed by atoms with Crippen LogP contribution in [0.2, 0.25) is 0 Å². The number of nitrogens with zero attached hydrogens (tertiary/aromatic N) is 1. The van der Waals surface area contributed by atoms with Crippen molar-refractivity contribution in [1.82, 2.24) is 4.90 Å². The molecule has 2 aliphatic rings. The molecule has 1 aliphatic carbocycles. The van der Waals surface area contributed by atoms with Gasteiger partial charge in [-0.3, -0.25) is 4.79 Å². The summed E-state index contributed by atoms with van der Waals surface area (Å²) in [6, 6.07) is 4.55. The van der Waals surface area contributed by atoms with E-state index >= 15 is 0 Å². The Balaban J connectivity index is 1.85. The highest BCUT2D eigenvalue weighted by Crippen LogP contribution is 2.42. The predicted octanol–water partition coefficient (Wildman–Crippen LogP) is 1.11. The van der Waals surface area contributed by atoms with Crippen LogP contribution in [0.4, 0.5) is 0 Å². The Labute approximate surface area is 166 Å². The monoisotopic (exact) mass is 392 g/mol. The highest BCUT2D eigenvalue weighted by molar-refractivity contribution is 5.82. The molecule has 4 N–H and O–H groups in total. The minimum atomic E-state index is -0.972. The molecule has 0 radical (unpaired) electrons. The smallest absolute Gasteiger partial charge is 0.242 e. The maximum Gasteiger partial charge on any atom is 0.242 e. The number of carbonyl (C=O) groups is 1. The number of rotatable bonds is 8. The normalized spacial score (nSPS) is 26.8. The molecule has 1 unspecified atom stereocenters. The maximum absolute atomic E-state index is 12.7. The molecule has 2 fully saturated rings. The molecule has 1 saturated carbocycles. The van der Waals surface area contributed by atoms with E-state index in [-0.39, 0.29) is 23.8 Å². The van der Waals surface area contributed by atoms with Gasteiger partial charge in [0.15, 0.2) is 11.5 Å². The van der Waals surface area contributed by atoms with Gasteiger partial charge in [0.25, 0.3) is 0 Å². The Morgan fingerprint density at radius 1 is 1.36 bits per heavy atom. The molecule has 156 valence electrons. The summed E-state index contributed by atoms with van der Waals surface area (Å²) in [5.41, 5.74) is 6.80. The second kappa shape index (κ2) is 8.68. The molecule has 1 aliphatic heterocycles. The first-order chi connectivity index (χ1) is 13.4. The molecule has 28 heavy (non-hydrogen) atoms. The number of hydrogen-bond donors (Lipinski definition) is 3. The van der Waals surface area contributed by atoms with Crippen molar-refractivity contribution in [3.8, 4) is 11.5 Å². The van der Waals surface area contributed by atoms with Crippen LogP contribution in [0.1, 0.15) is 38.2 Å². The topological polar surface area (TPSA) is 105 Å². The van der Waals surface area contributed by atoms with Crippen LogP contribution in [-0.2, 0) is 4.79 Å². The molecule has 1 aromatic rings. The third-order valence-electron chi connectivity index (χ3n) is 6.01. The molecule has 1 amide bonds. The molecule has 1 saturated heterocycles. The number of nitrogens with two attached hydrogens (primary N) is 1. The largest absolute Gasteiger partial charge is 0.493 e. The van der Waals surface area contributed by atoms with Crippen molar-refractivity contribution in [2.75, 3.05) is 26.9 Å². The summed E-state index contributed by atoms with van der Waals surface area (Å²) in [5.74, 6) is 1.76. The number of likely N-dealkylation sites (tertiary alicyclic amines) is 1. The Hall–Kier alpha value is -1.83. The van der Waals surface area contributed by atoms with E-state index in [9.17, 15) is 15.0 Å². The molecular weight excluding hydrogens is 360 g/mol. The number of methoxy groups -OCH3 is 1. The summed E-state index contributed by atoms with van der Waals surface area (Å²) in [5, 5.41) is 19.6. The molecule has 7 nitrogen and oxygen atoms in total. The van der Waals surface area contributed by atoms with E-state index < -0.39 is 18.8 Å². The van der Waals surface area contributed by atoms with Crippen molar-refractivity contribution >= 4 is 5.91 Å². The zero-order chi connectivity index (χ0) is 20.4. The van der Waals surface area contributed by atoms with Gasteiger partial charge in [0, 0.05) is 12.5 Å². The fourth-order valence-corrected chi connectivity index (χ4v) is 4.19. The van der Waals surface area contributed by atoms with Crippen LogP contribution in [0.25, 0.3) is 0 Å². The van der Waals surface area contributed by atoms with Crippen molar-refractivity contribution in [2.24, 2.45) is 17.6 Å². The van der Waals surface area contributed by atoms with E-state index in [1.54, 1.807) is 18.9 Å². The van der Waals surface area contributed by atoms with E-state index in [0.717, 1.165) is 5.56 Å². The van der Waals surface area contributed by atoms with Crippen LogP contribution in [0.15, 0.2) is 18.2 Å². The maximum atomic E-state index is 12.7. The summed E-state index contributed by atoms with van der Waals surface area (Å²) >= 11 is 0. The number of benzene rings is 1. The van der Waals surface area contributed by atoms with E-state index in [4.69, 9.17) is 15.2 Å². The van der Waals surface area contributed by atoms with Crippen molar-refractivity contribution < 1.29 is 24.5 Å². The fraction of sp³-hybridized carbons (Fsp3) is 0.667. The average molecular weight is 392 g/mol.